The Balaban J connectivity index is 1.80. The molecular weight excluding hydrogens is 294 g/mol. The largest absolute Gasteiger partial charge is 0.469 e. The highest BCUT2D eigenvalue weighted by Gasteiger charge is 2.49. The van der Waals surface area contributed by atoms with E-state index in [4.69, 9.17) is 4.74 Å². The van der Waals surface area contributed by atoms with Crippen LogP contribution in [-0.2, 0) is 9.53 Å². The Morgan fingerprint density at radius 3 is 2.70 bits per heavy atom. The van der Waals surface area contributed by atoms with E-state index in [-0.39, 0.29) is 35.4 Å². The van der Waals surface area contributed by atoms with Crippen LogP contribution in [0.3, 0.4) is 0 Å². The molecule has 1 aliphatic rings. The van der Waals surface area contributed by atoms with E-state index in [0.29, 0.717) is 6.42 Å². The van der Waals surface area contributed by atoms with E-state index in [1.165, 1.54) is 25.7 Å². The summed E-state index contributed by atoms with van der Waals surface area (Å²) in [5, 5.41) is 2.97. The molecule has 1 saturated carbocycles. The van der Waals surface area contributed by atoms with Gasteiger partial charge >= 0.3 is 5.97 Å². The number of esters is 1. The lowest BCUT2D eigenvalue weighted by atomic mass is 10.0. The summed E-state index contributed by atoms with van der Waals surface area (Å²) < 4.78 is 4.81. The van der Waals surface area contributed by atoms with Gasteiger partial charge in [0.05, 0.1) is 25.3 Å². The van der Waals surface area contributed by atoms with Crippen molar-refractivity contribution in [1.82, 2.24) is 15.3 Å². The van der Waals surface area contributed by atoms with Gasteiger partial charge in [-0.1, -0.05) is 30.3 Å². The average molecular weight is 311 g/mol. The minimum absolute atomic E-state index is 0.0328. The van der Waals surface area contributed by atoms with Gasteiger partial charge < -0.3 is 10.1 Å². The number of nitrogens with one attached hydrogen (secondary N) is 1. The third-order valence-corrected chi connectivity index (χ3v) is 4.01. The van der Waals surface area contributed by atoms with Crippen LogP contribution in [0.25, 0.3) is 0 Å². The first-order valence-corrected chi connectivity index (χ1v) is 7.40. The van der Waals surface area contributed by atoms with Crippen LogP contribution in [-0.4, -0.2) is 29.0 Å². The smallest absolute Gasteiger partial charge is 0.309 e. The second kappa shape index (κ2) is 6.56. The zero-order chi connectivity index (χ0) is 16.2. The molecule has 1 fully saturated rings. The normalized spacial score (nSPS) is 20.4. The number of carbonyl (C=O) groups is 2. The van der Waals surface area contributed by atoms with Gasteiger partial charge in [-0.2, -0.15) is 0 Å². The Morgan fingerprint density at radius 2 is 2.04 bits per heavy atom. The van der Waals surface area contributed by atoms with Crippen molar-refractivity contribution in [2.45, 2.75) is 12.5 Å². The second-order valence-corrected chi connectivity index (χ2v) is 5.48. The summed E-state index contributed by atoms with van der Waals surface area (Å²) in [7, 11) is 1.38. The molecular formula is C17H17N3O3. The fourth-order valence-electron chi connectivity index (χ4n) is 2.73. The lowest BCUT2D eigenvalue weighted by Gasteiger charge is -2.19. The highest BCUT2D eigenvalue weighted by molar-refractivity contribution is 5.92. The quantitative estimate of drug-likeness (QED) is 0.851. The minimum Gasteiger partial charge on any atom is -0.469 e. The van der Waals surface area contributed by atoms with Crippen molar-refractivity contribution in [1.29, 1.82) is 0 Å². The number of methoxy groups -OCH3 is 1. The van der Waals surface area contributed by atoms with Crippen LogP contribution in [0.5, 0.6) is 0 Å². The molecule has 1 amide bonds. The Bertz CT molecular complexity index is 691. The first kappa shape index (κ1) is 15.1. The van der Waals surface area contributed by atoms with Gasteiger partial charge in [0.25, 0.3) is 5.91 Å². The molecule has 1 aliphatic carbocycles. The summed E-state index contributed by atoms with van der Waals surface area (Å²) >= 11 is 0. The molecule has 0 bridgehead atoms. The molecule has 1 N–H and O–H groups in total. The molecule has 1 aromatic carbocycles. The molecule has 0 saturated heterocycles. The number of carbonyl (C=O) groups excluding carboxylic acids is 2. The van der Waals surface area contributed by atoms with Gasteiger partial charge in [-0.15, -0.1) is 0 Å². The molecule has 0 aliphatic heterocycles. The predicted molar refractivity (Wildman–Crippen MR) is 82.3 cm³/mol. The maximum atomic E-state index is 12.4. The first-order valence-electron chi connectivity index (χ1n) is 7.40. The van der Waals surface area contributed by atoms with Crippen molar-refractivity contribution in [3.63, 3.8) is 0 Å². The van der Waals surface area contributed by atoms with Gasteiger partial charge in [0.2, 0.25) is 0 Å². The molecule has 3 rings (SSSR count). The van der Waals surface area contributed by atoms with Gasteiger partial charge in [0.15, 0.2) is 0 Å². The Hall–Kier alpha value is -2.76. The maximum Gasteiger partial charge on any atom is 0.309 e. The summed E-state index contributed by atoms with van der Waals surface area (Å²) in [6.07, 6.45) is 5.11. The number of nitrogens with zero attached hydrogens (tertiary/aromatic N) is 2. The Morgan fingerprint density at radius 1 is 1.26 bits per heavy atom. The molecule has 3 atom stereocenters. The molecule has 0 radical (unpaired) electrons. The monoisotopic (exact) mass is 311 g/mol. The van der Waals surface area contributed by atoms with E-state index in [0.717, 1.165) is 5.56 Å². The minimum atomic E-state index is -0.303. The third kappa shape index (κ3) is 3.36. The van der Waals surface area contributed by atoms with E-state index in [1.54, 1.807) is 0 Å². The molecule has 23 heavy (non-hydrogen) atoms. The van der Waals surface area contributed by atoms with Crippen molar-refractivity contribution < 1.29 is 14.3 Å². The molecule has 1 aromatic heterocycles. The van der Waals surface area contributed by atoms with Crippen LogP contribution in [0.4, 0.5) is 0 Å². The number of rotatable bonds is 5. The summed E-state index contributed by atoms with van der Waals surface area (Å²) in [5.41, 5.74) is 1.21. The summed E-state index contributed by atoms with van der Waals surface area (Å²) in [6, 6.07) is 9.35. The van der Waals surface area contributed by atoms with E-state index in [2.05, 4.69) is 15.3 Å². The van der Waals surface area contributed by atoms with Crippen LogP contribution in [0.15, 0.2) is 48.9 Å². The van der Waals surface area contributed by atoms with E-state index in [1.807, 2.05) is 30.3 Å². The molecule has 0 unspecified atom stereocenters. The summed E-state index contributed by atoms with van der Waals surface area (Å²) in [6.45, 7) is 0. The van der Waals surface area contributed by atoms with Gasteiger partial charge in [-0.25, -0.2) is 4.98 Å². The lowest BCUT2D eigenvalue weighted by Crippen LogP contribution is -2.31. The van der Waals surface area contributed by atoms with Crippen molar-refractivity contribution in [3.8, 4) is 0 Å². The number of hydrogen-bond acceptors (Lipinski definition) is 5. The second-order valence-electron chi connectivity index (χ2n) is 5.48. The Labute approximate surface area is 133 Å². The number of benzene rings is 1. The highest BCUT2D eigenvalue weighted by Crippen LogP contribution is 2.48. The van der Waals surface area contributed by atoms with Crippen LogP contribution in [0, 0.1) is 11.8 Å². The Kier molecular flexibility index (Phi) is 4.32. The van der Waals surface area contributed by atoms with Gasteiger partial charge in [0, 0.05) is 12.4 Å². The van der Waals surface area contributed by atoms with Crippen molar-refractivity contribution in [3.05, 3.63) is 60.2 Å². The average Bonchev–Trinajstić information content (AvgIpc) is 3.40. The van der Waals surface area contributed by atoms with Gasteiger partial charge in [0.1, 0.15) is 5.69 Å². The van der Waals surface area contributed by atoms with E-state index in [9.17, 15) is 9.59 Å². The molecule has 0 spiro atoms. The number of aromatic nitrogens is 2. The standard InChI is InChI=1S/C17H17N3O3/c1-23-17(22)13-9-12(13)15(11-5-3-2-4-6-11)20-16(21)14-10-18-7-8-19-14/h2-8,10,12-13,15H,9H2,1H3,(H,20,21)/t12-,13+,15-/m0/s1. The van der Waals surface area contributed by atoms with Crippen molar-refractivity contribution in [2.75, 3.05) is 7.11 Å². The van der Waals surface area contributed by atoms with Gasteiger partial charge in [-0.05, 0) is 17.9 Å². The molecule has 118 valence electrons. The summed E-state index contributed by atoms with van der Waals surface area (Å²) in [4.78, 5) is 32.0. The zero-order valence-electron chi connectivity index (χ0n) is 12.7. The van der Waals surface area contributed by atoms with Crippen LogP contribution in [0.1, 0.15) is 28.5 Å². The van der Waals surface area contributed by atoms with Crippen molar-refractivity contribution >= 4 is 11.9 Å². The van der Waals surface area contributed by atoms with E-state index >= 15 is 0 Å². The van der Waals surface area contributed by atoms with Crippen molar-refractivity contribution in [2.24, 2.45) is 11.8 Å². The van der Waals surface area contributed by atoms with Crippen LogP contribution < -0.4 is 5.32 Å². The molecule has 2 aromatic rings. The predicted octanol–water partition coefficient (Wildman–Crippen LogP) is 1.76. The number of ether oxygens (including phenoxy) is 1. The van der Waals surface area contributed by atoms with E-state index < -0.39 is 0 Å². The molecule has 6 heteroatoms. The lowest BCUT2D eigenvalue weighted by molar-refractivity contribution is -0.142. The van der Waals surface area contributed by atoms with Crippen LogP contribution in [0.2, 0.25) is 0 Å². The topological polar surface area (TPSA) is 81.2 Å². The third-order valence-electron chi connectivity index (χ3n) is 4.01. The fourth-order valence-corrected chi connectivity index (χ4v) is 2.73. The number of amides is 1. The SMILES string of the molecule is COC(=O)[C@@H]1C[C@@H]1[C@@H](NC(=O)c1cnccn1)c1ccccc1. The fraction of sp³-hybridized carbons (Fsp3) is 0.294. The zero-order valence-corrected chi connectivity index (χ0v) is 12.7. The first-order chi connectivity index (χ1) is 11.2. The number of hydrogen-bond donors (Lipinski definition) is 1. The maximum absolute atomic E-state index is 12.4. The highest BCUT2D eigenvalue weighted by atomic mass is 16.5. The molecule has 6 nitrogen and oxygen atoms in total. The summed E-state index contributed by atoms with van der Waals surface area (Å²) in [5.74, 6) is -0.676. The van der Waals surface area contributed by atoms with Gasteiger partial charge in [-0.3, -0.25) is 14.6 Å². The van der Waals surface area contributed by atoms with Crippen LogP contribution >= 0.6 is 0 Å². The molecule has 1 heterocycles.